The Hall–Kier alpha value is -0.840. The molecular weight excluding hydrogens is 346 g/mol. The Balaban J connectivity index is 1.88. The second kappa shape index (κ2) is 7.97. The summed E-state index contributed by atoms with van der Waals surface area (Å²) in [6, 6.07) is 10.2. The SMILES string of the molecule is Cc1sc(CNCC(C)C)cc1COc1ccc(Br)cc1. The summed E-state index contributed by atoms with van der Waals surface area (Å²) >= 11 is 5.28. The van der Waals surface area contributed by atoms with Gasteiger partial charge in [0.25, 0.3) is 0 Å². The van der Waals surface area contributed by atoms with E-state index in [1.165, 1.54) is 15.3 Å². The van der Waals surface area contributed by atoms with E-state index < -0.39 is 0 Å². The van der Waals surface area contributed by atoms with Crippen LogP contribution in [0.3, 0.4) is 0 Å². The summed E-state index contributed by atoms with van der Waals surface area (Å²) in [6.07, 6.45) is 0. The van der Waals surface area contributed by atoms with Crippen LogP contribution in [0.4, 0.5) is 0 Å². The lowest BCUT2D eigenvalue weighted by Gasteiger charge is -2.06. The molecule has 2 nitrogen and oxygen atoms in total. The van der Waals surface area contributed by atoms with Crippen LogP contribution >= 0.6 is 27.3 Å². The Labute approximate surface area is 139 Å². The molecule has 2 aromatic rings. The molecule has 0 bridgehead atoms. The zero-order valence-electron chi connectivity index (χ0n) is 12.8. The van der Waals surface area contributed by atoms with Crippen LogP contribution in [0.25, 0.3) is 0 Å². The van der Waals surface area contributed by atoms with Gasteiger partial charge in [-0.1, -0.05) is 29.8 Å². The molecule has 0 aliphatic rings. The van der Waals surface area contributed by atoms with Gasteiger partial charge < -0.3 is 10.1 Å². The first-order valence-electron chi connectivity index (χ1n) is 7.22. The van der Waals surface area contributed by atoms with Gasteiger partial charge in [-0.05, 0) is 49.7 Å². The number of hydrogen-bond donors (Lipinski definition) is 1. The number of hydrogen-bond acceptors (Lipinski definition) is 3. The summed E-state index contributed by atoms with van der Waals surface area (Å²) in [7, 11) is 0. The minimum atomic E-state index is 0.633. The first-order chi connectivity index (χ1) is 10.0. The van der Waals surface area contributed by atoms with E-state index in [4.69, 9.17) is 4.74 Å². The molecule has 0 amide bonds. The Morgan fingerprint density at radius 2 is 1.95 bits per heavy atom. The number of nitrogens with one attached hydrogen (secondary N) is 1. The number of halogens is 1. The molecule has 0 saturated carbocycles. The summed E-state index contributed by atoms with van der Waals surface area (Å²) in [6.45, 7) is 9.25. The van der Waals surface area contributed by atoms with Gasteiger partial charge in [0, 0.05) is 26.3 Å². The Kier molecular flexibility index (Phi) is 6.27. The van der Waals surface area contributed by atoms with Crippen LogP contribution in [0.15, 0.2) is 34.8 Å². The molecule has 2 rings (SSSR count). The van der Waals surface area contributed by atoms with Crippen molar-refractivity contribution in [2.75, 3.05) is 6.54 Å². The average Bonchev–Trinajstić information content (AvgIpc) is 2.78. The van der Waals surface area contributed by atoms with E-state index in [-0.39, 0.29) is 0 Å². The molecule has 0 aliphatic carbocycles. The normalized spacial score (nSPS) is 11.1. The van der Waals surface area contributed by atoms with Gasteiger partial charge >= 0.3 is 0 Å². The van der Waals surface area contributed by atoms with E-state index >= 15 is 0 Å². The molecule has 0 unspecified atom stereocenters. The average molecular weight is 368 g/mol. The fourth-order valence-corrected chi connectivity index (χ4v) is 3.28. The molecule has 0 radical (unpaired) electrons. The van der Waals surface area contributed by atoms with Crippen molar-refractivity contribution in [1.29, 1.82) is 0 Å². The maximum atomic E-state index is 5.85. The highest BCUT2D eigenvalue weighted by molar-refractivity contribution is 9.10. The molecule has 0 fully saturated rings. The minimum absolute atomic E-state index is 0.633. The van der Waals surface area contributed by atoms with Crippen LogP contribution in [-0.4, -0.2) is 6.54 Å². The number of ether oxygens (including phenoxy) is 1. The second-order valence-corrected chi connectivity index (χ2v) is 7.82. The van der Waals surface area contributed by atoms with E-state index in [0.717, 1.165) is 23.3 Å². The summed E-state index contributed by atoms with van der Waals surface area (Å²) in [5.74, 6) is 1.59. The fraction of sp³-hybridized carbons (Fsp3) is 0.412. The monoisotopic (exact) mass is 367 g/mol. The molecule has 0 atom stereocenters. The zero-order valence-corrected chi connectivity index (χ0v) is 15.2. The lowest BCUT2D eigenvalue weighted by Crippen LogP contribution is -2.18. The highest BCUT2D eigenvalue weighted by Gasteiger charge is 2.06. The van der Waals surface area contributed by atoms with Gasteiger partial charge in [-0.2, -0.15) is 0 Å². The number of thiophene rings is 1. The van der Waals surface area contributed by atoms with Crippen LogP contribution in [0.5, 0.6) is 5.75 Å². The highest BCUT2D eigenvalue weighted by atomic mass is 79.9. The highest BCUT2D eigenvalue weighted by Crippen LogP contribution is 2.24. The van der Waals surface area contributed by atoms with Crippen LogP contribution in [0.2, 0.25) is 0 Å². The summed E-state index contributed by atoms with van der Waals surface area (Å²) in [5.41, 5.74) is 1.28. The van der Waals surface area contributed by atoms with Crippen molar-refractivity contribution in [2.24, 2.45) is 5.92 Å². The molecule has 4 heteroatoms. The third-order valence-corrected chi connectivity index (χ3v) is 4.75. The molecule has 1 aromatic carbocycles. The molecule has 0 saturated heterocycles. The van der Waals surface area contributed by atoms with Crippen molar-refractivity contribution in [3.63, 3.8) is 0 Å². The van der Waals surface area contributed by atoms with Crippen molar-refractivity contribution < 1.29 is 4.74 Å². The maximum absolute atomic E-state index is 5.85. The quantitative estimate of drug-likeness (QED) is 0.730. The lowest BCUT2D eigenvalue weighted by molar-refractivity contribution is 0.306. The second-order valence-electron chi connectivity index (χ2n) is 5.56. The van der Waals surface area contributed by atoms with Crippen molar-refractivity contribution in [3.05, 3.63) is 50.1 Å². The summed E-state index contributed by atoms with van der Waals surface area (Å²) in [5, 5.41) is 3.49. The van der Waals surface area contributed by atoms with Gasteiger partial charge in [0.2, 0.25) is 0 Å². The van der Waals surface area contributed by atoms with Crippen molar-refractivity contribution in [2.45, 2.75) is 33.9 Å². The van der Waals surface area contributed by atoms with E-state index in [1.54, 1.807) is 0 Å². The first kappa shape index (κ1) is 16.5. The van der Waals surface area contributed by atoms with E-state index in [9.17, 15) is 0 Å². The zero-order chi connectivity index (χ0) is 15.2. The molecule has 0 spiro atoms. The smallest absolute Gasteiger partial charge is 0.119 e. The summed E-state index contributed by atoms with van der Waals surface area (Å²) in [4.78, 5) is 2.72. The molecule has 1 aromatic heterocycles. The van der Waals surface area contributed by atoms with E-state index in [0.29, 0.717) is 12.5 Å². The van der Waals surface area contributed by atoms with Gasteiger partial charge in [-0.3, -0.25) is 0 Å². The lowest BCUT2D eigenvalue weighted by atomic mass is 10.2. The largest absolute Gasteiger partial charge is 0.489 e. The topological polar surface area (TPSA) is 21.3 Å². The number of benzene rings is 1. The van der Waals surface area contributed by atoms with Crippen LogP contribution < -0.4 is 10.1 Å². The van der Waals surface area contributed by atoms with Gasteiger partial charge in [0.05, 0.1) is 0 Å². The van der Waals surface area contributed by atoms with Crippen LogP contribution in [-0.2, 0) is 13.2 Å². The molecule has 0 aliphatic heterocycles. The maximum Gasteiger partial charge on any atom is 0.119 e. The molecule has 1 heterocycles. The molecule has 1 N–H and O–H groups in total. The van der Waals surface area contributed by atoms with Gasteiger partial charge in [-0.25, -0.2) is 0 Å². The summed E-state index contributed by atoms with van der Waals surface area (Å²) < 4.78 is 6.92. The number of rotatable bonds is 7. The van der Waals surface area contributed by atoms with Crippen molar-refractivity contribution >= 4 is 27.3 Å². The van der Waals surface area contributed by atoms with Crippen molar-refractivity contribution in [1.82, 2.24) is 5.32 Å². The van der Waals surface area contributed by atoms with E-state index in [1.807, 2.05) is 35.6 Å². The van der Waals surface area contributed by atoms with Gasteiger partial charge in [0.1, 0.15) is 12.4 Å². The van der Waals surface area contributed by atoms with Gasteiger partial charge in [-0.15, -0.1) is 11.3 Å². The third-order valence-electron chi connectivity index (χ3n) is 3.13. The Morgan fingerprint density at radius 3 is 2.62 bits per heavy atom. The third kappa shape index (κ3) is 5.46. The van der Waals surface area contributed by atoms with Gasteiger partial charge in [0.15, 0.2) is 0 Å². The molecule has 114 valence electrons. The predicted molar refractivity (Wildman–Crippen MR) is 94.1 cm³/mol. The fourth-order valence-electron chi connectivity index (χ4n) is 1.99. The predicted octanol–water partition coefficient (Wildman–Crippen LogP) is 5.14. The minimum Gasteiger partial charge on any atom is -0.489 e. The Morgan fingerprint density at radius 1 is 1.24 bits per heavy atom. The number of aryl methyl sites for hydroxylation is 1. The van der Waals surface area contributed by atoms with Crippen molar-refractivity contribution in [3.8, 4) is 5.75 Å². The molecule has 21 heavy (non-hydrogen) atoms. The standard InChI is InChI=1S/C17H22BrNOS/c1-12(2)9-19-10-17-8-14(13(3)21-17)11-20-16-6-4-15(18)5-7-16/h4-8,12,19H,9-11H2,1-3H3. The van der Waals surface area contributed by atoms with Crippen LogP contribution in [0.1, 0.15) is 29.2 Å². The molecular formula is C17H22BrNOS. The first-order valence-corrected chi connectivity index (χ1v) is 8.83. The van der Waals surface area contributed by atoms with E-state index in [2.05, 4.69) is 48.1 Å². The Bertz CT molecular complexity index is 563. The van der Waals surface area contributed by atoms with Crippen LogP contribution in [0, 0.1) is 12.8 Å².